The molecular weight excluding hydrogens is 436 g/mol. The highest BCUT2D eigenvalue weighted by Crippen LogP contribution is 2.18. The van der Waals surface area contributed by atoms with Gasteiger partial charge < -0.3 is 19.8 Å². The molecule has 0 bridgehead atoms. The molecule has 7 heteroatoms. The molecule has 3 aromatic rings. The van der Waals surface area contributed by atoms with E-state index >= 15 is 0 Å². The summed E-state index contributed by atoms with van der Waals surface area (Å²) in [6.45, 7) is 0.705. The van der Waals surface area contributed by atoms with Gasteiger partial charge in [0.15, 0.2) is 0 Å². The predicted molar refractivity (Wildman–Crippen MR) is 114 cm³/mol. The number of anilines is 1. The fraction of sp³-hybridized carbons (Fsp3) is 0.182. The summed E-state index contributed by atoms with van der Waals surface area (Å²) in [5, 5.41) is 5.59. The van der Waals surface area contributed by atoms with Crippen LogP contribution in [0.2, 0.25) is 0 Å². The van der Waals surface area contributed by atoms with Crippen LogP contribution >= 0.6 is 15.9 Å². The Hall–Kier alpha value is -3.06. The van der Waals surface area contributed by atoms with Crippen molar-refractivity contribution in [1.29, 1.82) is 0 Å². The molecule has 1 aromatic heterocycles. The Morgan fingerprint density at radius 1 is 1.03 bits per heavy atom. The number of nitrogens with one attached hydrogen (secondary N) is 2. The molecule has 2 amide bonds. The fourth-order valence-electron chi connectivity index (χ4n) is 2.66. The molecule has 1 heterocycles. The van der Waals surface area contributed by atoms with Crippen molar-refractivity contribution in [2.24, 2.45) is 0 Å². The number of benzene rings is 2. The van der Waals surface area contributed by atoms with Crippen molar-refractivity contribution in [2.75, 3.05) is 11.9 Å². The molecule has 0 aliphatic rings. The van der Waals surface area contributed by atoms with Gasteiger partial charge in [0.1, 0.15) is 11.5 Å². The standard InChI is InChI=1S/C22H21BrN2O4/c23-16-6-3-7-17(14-16)28-13-5-11-21(26)25-20-10-2-1-9-19(20)22(27)24-15-18-8-4-12-29-18/h1-4,6-10,12,14H,5,11,13,15H2,(H,24,27)(H,25,26). The van der Waals surface area contributed by atoms with E-state index in [1.165, 1.54) is 0 Å². The van der Waals surface area contributed by atoms with E-state index in [0.717, 1.165) is 10.2 Å². The van der Waals surface area contributed by atoms with Gasteiger partial charge in [0, 0.05) is 10.9 Å². The minimum Gasteiger partial charge on any atom is -0.494 e. The first-order chi connectivity index (χ1) is 14.1. The third kappa shape index (κ3) is 6.50. The van der Waals surface area contributed by atoms with E-state index in [2.05, 4.69) is 26.6 Å². The van der Waals surface area contributed by atoms with Crippen molar-refractivity contribution in [3.63, 3.8) is 0 Å². The Bertz CT molecular complexity index is 957. The van der Waals surface area contributed by atoms with Crippen LogP contribution < -0.4 is 15.4 Å². The van der Waals surface area contributed by atoms with Crippen LogP contribution in [-0.4, -0.2) is 18.4 Å². The molecule has 0 atom stereocenters. The van der Waals surface area contributed by atoms with Gasteiger partial charge in [-0.15, -0.1) is 0 Å². The number of amides is 2. The van der Waals surface area contributed by atoms with E-state index < -0.39 is 0 Å². The summed E-state index contributed by atoms with van der Waals surface area (Å²) in [7, 11) is 0. The molecule has 2 N–H and O–H groups in total. The summed E-state index contributed by atoms with van der Waals surface area (Å²) in [6.07, 6.45) is 2.40. The van der Waals surface area contributed by atoms with Crippen LogP contribution in [0.3, 0.4) is 0 Å². The number of carbonyl (C=O) groups excluding carboxylic acids is 2. The van der Waals surface area contributed by atoms with Gasteiger partial charge in [0.2, 0.25) is 5.91 Å². The molecule has 6 nitrogen and oxygen atoms in total. The quantitative estimate of drug-likeness (QED) is 0.454. The van der Waals surface area contributed by atoms with Gasteiger partial charge in [0.25, 0.3) is 5.91 Å². The highest BCUT2D eigenvalue weighted by atomic mass is 79.9. The van der Waals surface area contributed by atoms with Crippen LogP contribution in [0.15, 0.2) is 75.8 Å². The monoisotopic (exact) mass is 456 g/mol. The molecule has 0 saturated heterocycles. The Labute approximate surface area is 177 Å². The maximum Gasteiger partial charge on any atom is 0.253 e. The maximum atomic E-state index is 12.5. The highest BCUT2D eigenvalue weighted by molar-refractivity contribution is 9.10. The zero-order valence-electron chi connectivity index (χ0n) is 15.7. The summed E-state index contributed by atoms with van der Waals surface area (Å²) in [6, 6.07) is 18.0. The SMILES string of the molecule is O=C(CCCOc1cccc(Br)c1)Nc1ccccc1C(=O)NCc1ccco1. The first kappa shape index (κ1) is 20.7. The third-order valence-electron chi connectivity index (χ3n) is 4.06. The summed E-state index contributed by atoms with van der Waals surface area (Å²) in [4.78, 5) is 24.7. The lowest BCUT2D eigenvalue weighted by atomic mass is 10.1. The lowest BCUT2D eigenvalue weighted by Gasteiger charge is -2.11. The summed E-state index contributed by atoms with van der Waals surface area (Å²) in [5.74, 6) is 0.952. The van der Waals surface area contributed by atoms with Crippen molar-refractivity contribution in [3.05, 3.63) is 82.7 Å². The minimum atomic E-state index is -0.282. The molecule has 150 valence electrons. The molecule has 0 unspecified atom stereocenters. The second-order valence-electron chi connectivity index (χ2n) is 6.27. The molecule has 0 fully saturated rings. The van der Waals surface area contributed by atoms with E-state index in [1.807, 2.05) is 24.3 Å². The van der Waals surface area contributed by atoms with E-state index in [4.69, 9.17) is 9.15 Å². The van der Waals surface area contributed by atoms with E-state index in [1.54, 1.807) is 42.7 Å². The van der Waals surface area contributed by atoms with Gasteiger partial charge in [-0.05, 0) is 48.9 Å². The topological polar surface area (TPSA) is 80.6 Å². The zero-order valence-corrected chi connectivity index (χ0v) is 17.3. The number of ether oxygens (including phenoxy) is 1. The van der Waals surface area contributed by atoms with Crippen LogP contribution in [0.25, 0.3) is 0 Å². The lowest BCUT2D eigenvalue weighted by molar-refractivity contribution is -0.116. The van der Waals surface area contributed by atoms with Gasteiger partial charge in [0.05, 0.1) is 30.7 Å². The van der Waals surface area contributed by atoms with Crippen molar-refractivity contribution in [3.8, 4) is 5.75 Å². The van der Waals surface area contributed by atoms with Gasteiger partial charge in [-0.2, -0.15) is 0 Å². The fourth-order valence-corrected chi connectivity index (χ4v) is 3.04. The molecule has 0 aliphatic heterocycles. The van der Waals surface area contributed by atoms with E-state index in [-0.39, 0.29) is 24.8 Å². The Balaban J connectivity index is 1.47. The maximum absolute atomic E-state index is 12.5. The molecule has 0 saturated carbocycles. The summed E-state index contributed by atoms with van der Waals surface area (Å²) in [5.41, 5.74) is 0.875. The first-order valence-corrected chi connectivity index (χ1v) is 9.99. The van der Waals surface area contributed by atoms with Gasteiger partial charge >= 0.3 is 0 Å². The molecule has 0 aliphatic carbocycles. The van der Waals surface area contributed by atoms with Crippen molar-refractivity contribution < 1.29 is 18.7 Å². The second-order valence-corrected chi connectivity index (χ2v) is 7.18. The Morgan fingerprint density at radius 3 is 2.69 bits per heavy atom. The van der Waals surface area contributed by atoms with Crippen LogP contribution in [0.1, 0.15) is 29.0 Å². The Morgan fingerprint density at radius 2 is 1.90 bits per heavy atom. The second kappa shape index (κ2) is 10.5. The molecule has 0 spiro atoms. The minimum absolute atomic E-state index is 0.172. The molecular formula is C22H21BrN2O4. The number of para-hydroxylation sites is 1. The summed E-state index contributed by atoms with van der Waals surface area (Å²) >= 11 is 3.39. The van der Waals surface area contributed by atoms with Crippen molar-refractivity contribution in [1.82, 2.24) is 5.32 Å². The number of hydrogen-bond donors (Lipinski definition) is 2. The van der Waals surface area contributed by atoms with Crippen LogP contribution in [0.5, 0.6) is 5.75 Å². The van der Waals surface area contributed by atoms with E-state index in [9.17, 15) is 9.59 Å². The smallest absolute Gasteiger partial charge is 0.253 e. The van der Waals surface area contributed by atoms with Crippen LogP contribution in [0.4, 0.5) is 5.69 Å². The molecule has 29 heavy (non-hydrogen) atoms. The third-order valence-corrected chi connectivity index (χ3v) is 4.56. The van der Waals surface area contributed by atoms with Crippen molar-refractivity contribution >= 4 is 33.4 Å². The first-order valence-electron chi connectivity index (χ1n) is 9.19. The largest absolute Gasteiger partial charge is 0.494 e. The summed E-state index contributed by atoms with van der Waals surface area (Å²) < 4.78 is 11.8. The predicted octanol–water partition coefficient (Wildman–Crippen LogP) is 4.77. The number of halogens is 1. The molecule has 2 aromatic carbocycles. The van der Waals surface area contributed by atoms with Crippen molar-refractivity contribution in [2.45, 2.75) is 19.4 Å². The number of hydrogen-bond acceptors (Lipinski definition) is 4. The molecule has 0 radical (unpaired) electrons. The van der Waals surface area contributed by atoms with E-state index in [0.29, 0.717) is 30.0 Å². The van der Waals surface area contributed by atoms with Gasteiger partial charge in [-0.25, -0.2) is 0 Å². The number of rotatable bonds is 9. The average Bonchev–Trinajstić information content (AvgIpc) is 3.24. The lowest BCUT2D eigenvalue weighted by Crippen LogP contribution is -2.24. The zero-order chi connectivity index (χ0) is 20.5. The van der Waals surface area contributed by atoms with Crippen LogP contribution in [-0.2, 0) is 11.3 Å². The van der Waals surface area contributed by atoms with Gasteiger partial charge in [-0.1, -0.05) is 34.1 Å². The normalized spacial score (nSPS) is 10.4. The average molecular weight is 457 g/mol. The molecule has 3 rings (SSSR count). The highest BCUT2D eigenvalue weighted by Gasteiger charge is 2.13. The number of furan rings is 1. The van der Waals surface area contributed by atoms with Gasteiger partial charge in [-0.3, -0.25) is 9.59 Å². The van der Waals surface area contributed by atoms with Crippen LogP contribution in [0, 0.1) is 0 Å². The number of carbonyl (C=O) groups is 2. The Kier molecular flexibility index (Phi) is 7.47.